The second kappa shape index (κ2) is 5.38. The fourth-order valence-corrected chi connectivity index (χ4v) is 2.80. The number of amides is 2. The minimum Gasteiger partial charge on any atom is -0.344 e. The van der Waals surface area contributed by atoms with Crippen LogP contribution in [0.2, 0.25) is 0 Å². The summed E-state index contributed by atoms with van der Waals surface area (Å²) in [5, 5.41) is 7.37. The first-order chi connectivity index (χ1) is 9.72. The Morgan fingerprint density at radius 2 is 2.20 bits per heavy atom. The molecule has 1 aromatic heterocycles. The Labute approximate surface area is 118 Å². The lowest BCUT2D eigenvalue weighted by atomic mass is 10.1. The van der Waals surface area contributed by atoms with Crippen molar-refractivity contribution in [1.82, 2.24) is 15.7 Å². The van der Waals surface area contributed by atoms with E-state index < -0.39 is 0 Å². The highest BCUT2D eigenvalue weighted by atomic mass is 32.1. The van der Waals surface area contributed by atoms with E-state index in [1.807, 2.05) is 24.3 Å². The molecule has 2 heterocycles. The topological polar surface area (TPSA) is 83.5 Å². The van der Waals surface area contributed by atoms with Gasteiger partial charge in [-0.2, -0.15) is 5.10 Å². The summed E-state index contributed by atoms with van der Waals surface area (Å²) in [5.74, 6) is -0.419. The van der Waals surface area contributed by atoms with Gasteiger partial charge in [0.25, 0.3) is 5.91 Å². The van der Waals surface area contributed by atoms with E-state index in [-0.39, 0.29) is 11.8 Å². The van der Waals surface area contributed by atoms with Crippen LogP contribution >= 0.6 is 11.3 Å². The number of hydrazone groups is 1. The van der Waals surface area contributed by atoms with Gasteiger partial charge in [-0.15, -0.1) is 11.3 Å². The van der Waals surface area contributed by atoms with E-state index in [1.54, 1.807) is 11.3 Å². The quantitative estimate of drug-likeness (QED) is 0.889. The average Bonchev–Trinajstić information content (AvgIpc) is 2.88. The fourth-order valence-electron chi connectivity index (χ4n) is 1.89. The van der Waals surface area contributed by atoms with Crippen LogP contribution in [0.25, 0.3) is 10.2 Å². The van der Waals surface area contributed by atoms with Gasteiger partial charge in [0.05, 0.1) is 16.8 Å². The number of benzene rings is 1. The van der Waals surface area contributed by atoms with Crippen molar-refractivity contribution in [3.05, 3.63) is 29.3 Å². The molecule has 1 aromatic carbocycles. The molecule has 3 rings (SSSR count). The number of thiazole rings is 1. The first-order valence-electron chi connectivity index (χ1n) is 6.20. The Morgan fingerprint density at radius 3 is 2.95 bits per heavy atom. The number of fused-ring (bicyclic) bond motifs is 1. The van der Waals surface area contributed by atoms with Crippen LogP contribution in [0.15, 0.2) is 29.4 Å². The zero-order valence-corrected chi connectivity index (χ0v) is 11.4. The molecule has 2 aromatic rings. The number of carbonyl (C=O) groups is 2. The molecule has 102 valence electrons. The molecular weight excluding hydrogens is 276 g/mol. The lowest BCUT2D eigenvalue weighted by molar-refractivity contribution is -0.121. The normalized spacial score (nSPS) is 14.8. The van der Waals surface area contributed by atoms with Gasteiger partial charge >= 0.3 is 0 Å². The van der Waals surface area contributed by atoms with Crippen LogP contribution in [0.3, 0.4) is 0 Å². The number of nitrogens with one attached hydrogen (secondary N) is 2. The minimum absolute atomic E-state index is 0.160. The highest BCUT2D eigenvalue weighted by Gasteiger charge is 2.18. The maximum atomic E-state index is 11.9. The molecule has 0 saturated heterocycles. The van der Waals surface area contributed by atoms with Gasteiger partial charge in [-0.25, -0.2) is 10.4 Å². The van der Waals surface area contributed by atoms with Crippen molar-refractivity contribution in [3.63, 3.8) is 0 Å². The van der Waals surface area contributed by atoms with Crippen LogP contribution in [-0.2, 0) is 16.1 Å². The number of para-hydroxylation sites is 1. The fraction of sp³-hybridized carbons (Fsp3) is 0.231. The molecule has 0 fully saturated rings. The number of hydrogen-bond acceptors (Lipinski definition) is 5. The van der Waals surface area contributed by atoms with E-state index in [9.17, 15) is 9.59 Å². The Hall–Kier alpha value is -2.28. The van der Waals surface area contributed by atoms with E-state index in [0.29, 0.717) is 25.1 Å². The van der Waals surface area contributed by atoms with Crippen LogP contribution in [-0.4, -0.2) is 22.5 Å². The molecule has 0 atom stereocenters. The average molecular weight is 288 g/mol. The van der Waals surface area contributed by atoms with E-state index >= 15 is 0 Å². The molecule has 2 N–H and O–H groups in total. The van der Waals surface area contributed by atoms with Crippen molar-refractivity contribution >= 4 is 39.1 Å². The largest absolute Gasteiger partial charge is 0.344 e. The monoisotopic (exact) mass is 288 g/mol. The number of carbonyl (C=O) groups excluding carboxylic acids is 2. The molecule has 0 bridgehead atoms. The van der Waals surface area contributed by atoms with Gasteiger partial charge in [0, 0.05) is 12.8 Å². The highest BCUT2D eigenvalue weighted by Crippen LogP contribution is 2.21. The van der Waals surface area contributed by atoms with Crippen LogP contribution < -0.4 is 10.7 Å². The van der Waals surface area contributed by atoms with E-state index in [4.69, 9.17) is 0 Å². The van der Waals surface area contributed by atoms with Gasteiger partial charge in [-0.3, -0.25) is 9.59 Å². The highest BCUT2D eigenvalue weighted by molar-refractivity contribution is 7.18. The molecule has 1 aliphatic heterocycles. The summed E-state index contributed by atoms with van der Waals surface area (Å²) in [7, 11) is 0. The maximum absolute atomic E-state index is 11.9. The third-order valence-electron chi connectivity index (χ3n) is 2.90. The number of nitrogens with zero attached hydrogens (tertiary/aromatic N) is 2. The minimum atomic E-state index is -0.260. The molecule has 0 aliphatic carbocycles. The summed E-state index contributed by atoms with van der Waals surface area (Å²) < 4.78 is 1.10. The molecule has 0 radical (unpaired) electrons. The third-order valence-corrected chi connectivity index (χ3v) is 3.94. The zero-order valence-electron chi connectivity index (χ0n) is 10.5. The second-order valence-electron chi connectivity index (χ2n) is 4.35. The number of aromatic nitrogens is 1. The zero-order chi connectivity index (χ0) is 13.9. The summed E-state index contributed by atoms with van der Waals surface area (Å²) in [6, 6.07) is 7.84. The Bertz CT molecular complexity index is 674. The Morgan fingerprint density at radius 1 is 1.35 bits per heavy atom. The summed E-state index contributed by atoms with van der Waals surface area (Å²) in [6.07, 6.45) is 0.672. The molecule has 0 unspecified atom stereocenters. The summed E-state index contributed by atoms with van der Waals surface area (Å²) in [5.41, 5.74) is 3.59. The van der Waals surface area contributed by atoms with Crippen molar-refractivity contribution in [1.29, 1.82) is 0 Å². The van der Waals surface area contributed by atoms with Crippen LogP contribution in [0, 0.1) is 0 Å². The maximum Gasteiger partial charge on any atom is 0.267 e. The Kier molecular flexibility index (Phi) is 3.42. The van der Waals surface area contributed by atoms with E-state index in [2.05, 4.69) is 20.8 Å². The molecule has 7 heteroatoms. The molecule has 0 saturated carbocycles. The van der Waals surface area contributed by atoms with Crippen molar-refractivity contribution in [2.75, 3.05) is 0 Å². The number of rotatable bonds is 3. The predicted octanol–water partition coefficient (Wildman–Crippen LogP) is 1.18. The van der Waals surface area contributed by atoms with Gasteiger partial charge in [0.2, 0.25) is 5.91 Å². The van der Waals surface area contributed by atoms with Gasteiger partial charge in [-0.1, -0.05) is 12.1 Å². The Balaban J connectivity index is 1.64. The van der Waals surface area contributed by atoms with Crippen LogP contribution in [0.1, 0.15) is 17.8 Å². The lowest BCUT2D eigenvalue weighted by Crippen LogP contribution is -2.36. The first kappa shape index (κ1) is 12.7. The van der Waals surface area contributed by atoms with E-state index in [1.165, 1.54) is 0 Å². The molecule has 1 aliphatic rings. The van der Waals surface area contributed by atoms with Gasteiger partial charge < -0.3 is 5.32 Å². The van der Waals surface area contributed by atoms with E-state index in [0.717, 1.165) is 15.2 Å². The van der Waals surface area contributed by atoms with Gasteiger partial charge in [0.1, 0.15) is 10.7 Å². The van der Waals surface area contributed by atoms with Gasteiger partial charge in [0.15, 0.2) is 0 Å². The smallest absolute Gasteiger partial charge is 0.267 e. The summed E-state index contributed by atoms with van der Waals surface area (Å²) in [6.45, 7) is 0.366. The SMILES string of the molecule is O=C1CCC(C(=O)NCc2nc3ccccc3s2)=NN1. The van der Waals surface area contributed by atoms with Gasteiger partial charge in [-0.05, 0) is 12.1 Å². The predicted molar refractivity (Wildman–Crippen MR) is 76.3 cm³/mol. The molecule has 20 heavy (non-hydrogen) atoms. The van der Waals surface area contributed by atoms with Crippen molar-refractivity contribution in [2.45, 2.75) is 19.4 Å². The van der Waals surface area contributed by atoms with Crippen LogP contribution in [0.5, 0.6) is 0 Å². The van der Waals surface area contributed by atoms with Crippen molar-refractivity contribution in [3.8, 4) is 0 Å². The number of hydrogen-bond donors (Lipinski definition) is 2. The van der Waals surface area contributed by atoms with Crippen LogP contribution in [0.4, 0.5) is 0 Å². The molecule has 0 spiro atoms. The summed E-state index contributed by atoms with van der Waals surface area (Å²) >= 11 is 1.55. The third kappa shape index (κ3) is 2.67. The van der Waals surface area contributed by atoms with Crippen molar-refractivity contribution in [2.24, 2.45) is 5.10 Å². The molecule has 6 nitrogen and oxygen atoms in total. The molecule has 2 amide bonds. The second-order valence-corrected chi connectivity index (χ2v) is 5.47. The molecular formula is C13H12N4O2S. The first-order valence-corrected chi connectivity index (χ1v) is 7.02. The standard InChI is InChI=1S/C13H12N4O2S/c18-11-6-5-9(16-17-11)13(19)14-7-12-15-8-3-1-2-4-10(8)20-12/h1-4H,5-7H2,(H,14,19)(H,17,18). The lowest BCUT2D eigenvalue weighted by Gasteiger charge is -2.11. The van der Waals surface area contributed by atoms with Crippen molar-refractivity contribution < 1.29 is 9.59 Å². The summed E-state index contributed by atoms with van der Waals surface area (Å²) in [4.78, 5) is 27.3.